The highest BCUT2D eigenvalue weighted by molar-refractivity contribution is 5.86. The van der Waals surface area contributed by atoms with Crippen molar-refractivity contribution in [3.8, 4) is 11.5 Å². The molecule has 4 heteroatoms. The summed E-state index contributed by atoms with van der Waals surface area (Å²) in [7, 11) is 1.57. The highest BCUT2D eigenvalue weighted by Crippen LogP contribution is 2.28. The summed E-state index contributed by atoms with van der Waals surface area (Å²) in [5.41, 5.74) is 0.888. The molecule has 2 aromatic rings. The lowest BCUT2D eigenvalue weighted by Crippen LogP contribution is -2.13. The molecule has 0 fully saturated rings. The summed E-state index contributed by atoms with van der Waals surface area (Å²) in [5.74, 6) is 0.761. The Hall–Kier alpha value is -1.97. The molecule has 1 aromatic carbocycles. The second kappa shape index (κ2) is 7.16. The molecule has 21 heavy (non-hydrogen) atoms. The molecule has 0 aliphatic rings. The van der Waals surface area contributed by atoms with Crippen LogP contribution in [0, 0.1) is 0 Å². The predicted molar refractivity (Wildman–Crippen MR) is 85.2 cm³/mol. The Kier molecular flexibility index (Phi) is 5.26. The average molecular weight is 289 g/mol. The molecule has 1 heterocycles. The van der Waals surface area contributed by atoms with Gasteiger partial charge < -0.3 is 14.8 Å². The fourth-order valence-electron chi connectivity index (χ4n) is 2.57. The number of pyridine rings is 1. The van der Waals surface area contributed by atoms with Gasteiger partial charge in [-0.25, -0.2) is 0 Å². The molecule has 0 radical (unpaired) electrons. The first-order chi connectivity index (χ1) is 10.2. The van der Waals surface area contributed by atoms with Gasteiger partial charge in [0.25, 0.3) is 5.56 Å². The molecule has 114 valence electrons. The molecule has 0 unspecified atom stereocenters. The van der Waals surface area contributed by atoms with E-state index in [9.17, 15) is 9.90 Å². The van der Waals surface area contributed by atoms with E-state index in [2.05, 4.69) is 11.9 Å². The highest BCUT2D eigenvalue weighted by atomic mass is 16.5. The normalized spacial score (nSPS) is 11.0. The minimum Gasteiger partial charge on any atom is -0.507 e. The standard InChI is InChI=1S/C17H23NO3/c1-3-4-5-6-7-8-14-16(19)13-10-9-12(21-2)11-15(13)18-17(14)20/h9-11H,3-8H2,1-2H3,(H2,18,19,20). The van der Waals surface area contributed by atoms with E-state index in [4.69, 9.17) is 4.74 Å². The van der Waals surface area contributed by atoms with Gasteiger partial charge in [0, 0.05) is 11.5 Å². The van der Waals surface area contributed by atoms with Crippen LogP contribution in [0.2, 0.25) is 0 Å². The molecule has 4 nitrogen and oxygen atoms in total. The van der Waals surface area contributed by atoms with Gasteiger partial charge in [-0.1, -0.05) is 32.6 Å². The van der Waals surface area contributed by atoms with Crippen LogP contribution in [0.25, 0.3) is 10.9 Å². The molecule has 0 aliphatic heterocycles. The summed E-state index contributed by atoms with van der Waals surface area (Å²) < 4.78 is 5.13. The molecule has 1 aromatic heterocycles. The summed E-state index contributed by atoms with van der Waals surface area (Å²) in [6, 6.07) is 5.28. The highest BCUT2D eigenvalue weighted by Gasteiger charge is 2.12. The van der Waals surface area contributed by atoms with E-state index in [-0.39, 0.29) is 11.3 Å². The van der Waals surface area contributed by atoms with Crippen LogP contribution in [0.4, 0.5) is 0 Å². The quantitative estimate of drug-likeness (QED) is 0.763. The first-order valence-electron chi connectivity index (χ1n) is 7.59. The minimum absolute atomic E-state index is 0.104. The average Bonchev–Trinajstić information content (AvgIpc) is 2.49. The van der Waals surface area contributed by atoms with Gasteiger partial charge in [0.2, 0.25) is 0 Å². The Labute approximate surface area is 124 Å². The number of aromatic hydroxyl groups is 1. The zero-order valence-electron chi connectivity index (χ0n) is 12.7. The largest absolute Gasteiger partial charge is 0.507 e. The van der Waals surface area contributed by atoms with E-state index in [1.807, 2.05) is 0 Å². The van der Waals surface area contributed by atoms with Gasteiger partial charge in [0.05, 0.1) is 18.2 Å². The Morgan fingerprint density at radius 2 is 1.95 bits per heavy atom. The Balaban J connectivity index is 2.22. The molecule has 0 spiro atoms. The molecule has 0 saturated heterocycles. The zero-order valence-corrected chi connectivity index (χ0v) is 12.7. The second-order valence-corrected chi connectivity index (χ2v) is 5.36. The Morgan fingerprint density at radius 1 is 1.19 bits per heavy atom. The maximum Gasteiger partial charge on any atom is 0.255 e. The number of aromatic amines is 1. The lowest BCUT2D eigenvalue weighted by Gasteiger charge is -2.08. The van der Waals surface area contributed by atoms with E-state index >= 15 is 0 Å². The van der Waals surface area contributed by atoms with Crippen LogP contribution >= 0.6 is 0 Å². The van der Waals surface area contributed by atoms with E-state index in [0.717, 1.165) is 12.8 Å². The first kappa shape index (κ1) is 15.4. The van der Waals surface area contributed by atoms with Crippen molar-refractivity contribution in [2.24, 2.45) is 0 Å². The number of nitrogens with one attached hydrogen (secondary N) is 1. The maximum atomic E-state index is 12.1. The lowest BCUT2D eigenvalue weighted by molar-refractivity contribution is 0.415. The van der Waals surface area contributed by atoms with Crippen molar-refractivity contribution >= 4 is 10.9 Å². The number of rotatable bonds is 7. The zero-order chi connectivity index (χ0) is 15.2. The number of unbranched alkanes of at least 4 members (excludes halogenated alkanes) is 4. The van der Waals surface area contributed by atoms with Crippen molar-refractivity contribution < 1.29 is 9.84 Å². The smallest absolute Gasteiger partial charge is 0.255 e. The molecule has 0 bridgehead atoms. The summed E-state index contributed by atoms with van der Waals surface area (Å²) >= 11 is 0. The molecule has 2 rings (SSSR count). The number of fused-ring (bicyclic) bond motifs is 1. The third-order valence-corrected chi connectivity index (χ3v) is 3.82. The number of aromatic nitrogens is 1. The summed E-state index contributed by atoms with van der Waals surface area (Å²) in [5, 5.41) is 11.0. The van der Waals surface area contributed by atoms with Gasteiger partial charge in [-0.05, 0) is 25.0 Å². The van der Waals surface area contributed by atoms with Gasteiger partial charge in [-0.15, -0.1) is 0 Å². The molecule has 0 amide bonds. The Bertz CT molecular complexity index is 661. The summed E-state index contributed by atoms with van der Waals surface area (Å²) in [6.45, 7) is 2.17. The predicted octanol–water partition coefficient (Wildman–Crippen LogP) is 3.76. The lowest BCUT2D eigenvalue weighted by atomic mass is 10.0. The van der Waals surface area contributed by atoms with Crippen molar-refractivity contribution in [1.82, 2.24) is 4.98 Å². The second-order valence-electron chi connectivity index (χ2n) is 5.36. The van der Waals surface area contributed by atoms with Crippen molar-refractivity contribution in [3.63, 3.8) is 0 Å². The fourth-order valence-corrected chi connectivity index (χ4v) is 2.57. The van der Waals surface area contributed by atoms with Crippen molar-refractivity contribution in [1.29, 1.82) is 0 Å². The van der Waals surface area contributed by atoms with Crippen molar-refractivity contribution in [2.45, 2.75) is 45.4 Å². The van der Waals surface area contributed by atoms with E-state index in [1.165, 1.54) is 19.3 Å². The molecule has 0 aliphatic carbocycles. The Morgan fingerprint density at radius 3 is 2.67 bits per heavy atom. The van der Waals surface area contributed by atoms with Crippen LogP contribution < -0.4 is 10.3 Å². The number of methoxy groups -OCH3 is 1. The summed E-state index contributed by atoms with van der Waals surface area (Å²) in [6.07, 6.45) is 6.24. The molecule has 0 atom stereocenters. The van der Waals surface area contributed by atoms with Gasteiger partial charge >= 0.3 is 0 Å². The molecule has 2 N–H and O–H groups in total. The number of ether oxygens (including phenoxy) is 1. The maximum absolute atomic E-state index is 12.1. The fraction of sp³-hybridized carbons (Fsp3) is 0.471. The van der Waals surface area contributed by atoms with Gasteiger partial charge in [0.1, 0.15) is 11.5 Å². The third-order valence-electron chi connectivity index (χ3n) is 3.82. The monoisotopic (exact) mass is 289 g/mol. The van der Waals surface area contributed by atoms with E-state index < -0.39 is 0 Å². The van der Waals surface area contributed by atoms with E-state index in [0.29, 0.717) is 28.6 Å². The van der Waals surface area contributed by atoms with Crippen LogP contribution in [0.15, 0.2) is 23.0 Å². The van der Waals surface area contributed by atoms with Crippen LogP contribution in [0.5, 0.6) is 11.5 Å². The van der Waals surface area contributed by atoms with Crippen LogP contribution in [0.1, 0.15) is 44.6 Å². The number of hydrogen-bond donors (Lipinski definition) is 2. The molecular formula is C17H23NO3. The van der Waals surface area contributed by atoms with Gasteiger partial charge in [-0.3, -0.25) is 4.79 Å². The van der Waals surface area contributed by atoms with Crippen LogP contribution in [-0.4, -0.2) is 17.2 Å². The van der Waals surface area contributed by atoms with Crippen LogP contribution in [0.3, 0.4) is 0 Å². The topological polar surface area (TPSA) is 62.3 Å². The van der Waals surface area contributed by atoms with Crippen molar-refractivity contribution in [3.05, 3.63) is 34.1 Å². The first-order valence-corrected chi connectivity index (χ1v) is 7.59. The molecule has 0 saturated carbocycles. The van der Waals surface area contributed by atoms with E-state index in [1.54, 1.807) is 25.3 Å². The van der Waals surface area contributed by atoms with Crippen LogP contribution in [-0.2, 0) is 6.42 Å². The number of hydrogen-bond acceptors (Lipinski definition) is 3. The van der Waals surface area contributed by atoms with Gasteiger partial charge in [-0.2, -0.15) is 0 Å². The number of benzene rings is 1. The summed E-state index contributed by atoms with van der Waals surface area (Å²) in [4.78, 5) is 14.9. The SMILES string of the molecule is CCCCCCCc1c(O)c2ccc(OC)cc2[nH]c1=O. The number of H-pyrrole nitrogens is 1. The van der Waals surface area contributed by atoms with Gasteiger partial charge in [0.15, 0.2) is 0 Å². The third kappa shape index (κ3) is 3.57. The minimum atomic E-state index is -0.205. The molecular weight excluding hydrogens is 266 g/mol. The van der Waals surface area contributed by atoms with Crippen molar-refractivity contribution in [2.75, 3.05) is 7.11 Å².